The van der Waals surface area contributed by atoms with Gasteiger partial charge in [-0.25, -0.2) is 23.4 Å². The molecule has 0 aliphatic heterocycles. The zero-order chi connectivity index (χ0) is 35.3. The smallest absolute Gasteiger partial charge is 0.416 e. The fourth-order valence-electron chi connectivity index (χ4n) is 5.68. The Morgan fingerprint density at radius 3 is 2.10 bits per heavy atom. The molecule has 16 heteroatoms. The van der Waals surface area contributed by atoms with Gasteiger partial charge in [0, 0.05) is 25.4 Å². The fraction of sp³-hybridized carbons (Fsp3) is 0.531. The number of halogens is 6. The maximum atomic E-state index is 13.8. The molecule has 1 aliphatic carbocycles. The maximum absolute atomic E-state index is 13.8. The zero-order valence-electron chi connectivity index (χ0n) is 27.1. The molecule has 0 N–H and O–H groups in total. The molecule has 0 bridgehead atoms. The number of anilines is 2. The first-order chi connectivity index (χ1) is 22.5. The number of benzene rings is 1. The van der Waals surface area contributed by atoms with E-state index in [1.165, 1.54) is 31.3 Å². The molecule has 2 heterocycles. The van der Waals surface area contributed by atoms with Gasteiger partial charge in [-0.3, -0.25) is 0 Å². The average Bonchev–Trinajstić information content (AvgIpc) is 3.54. The Bertz CT molecular complexity index is 1600. The van der Waals surface area contributed by atoms with Crippen molar-refractivity contribution >= 4 is 21.5 Å². The van der Waals surface area contributed by atoms with E-state index in [-0.39, 0.29) is 48.1 Å². The van der Waals surface area contributed by atoms with Crippen LogP contribution in [0.1, 0.15) is 68.0 Å². The SMILES string of the molecule is CCN(CC1CCCC1)c1ccc(OC)nc1CN(c1ncc(OCCS(C)(=O)=O)cn1)C(C)c1cc(C(F)(F)F)cc(C(F)(F)F)c1. The lowest BCUT2D eigenvalue weighted by Crippen LogP contribution is -2.33. The number of sulfone groups is 1. The maximum Gasteiger partial charge on any atom is 0.416 e. The van der Waals surface area contributed by atoms with Gasteiger partial charge in [-0.1, -0.05) is 12.8 Å². The van der Waals surface area contributed by atoms with Crippen molar-refractivity contribution in [3.05, 3.63) is 65.1 Å². The van der Waals surface area contributed by atoms with Crippen LogP contribution < -0.4 is 19.3 Å². The van der Waals surface area contributed by atoms with Crippen molar-refractivity contribution in [1.82, 2.24) is 15.0 Å². The molecule has 0 saturated heterocycles. The highest BCUT2D eigenvalue weighted by Gasteiger charge is 2.38. The minimum absolute atomic E-state index is 0.0293. The van der Waals surface area contributed by atoms with Crippen molar-refractivity contribution in [2.45, 2.75) is 64.5 Å². The van der Waals surface area contributed by atoms with Crippen LogP contribution in [-0.4, -0.2) is 62.2 Å². The summed E-state index contributed by atoms with van der Waals surface area (Å²) in [6.07, 6.45) is -2.04. The molecule has 1 unspecified atom stereocenters. The van der Waals surface area contributed by atoms with Crippen LogP contribution in [0.15, 0.2) is 42.7 Å². The van der Waals surface area contributed by atoms with Crippen LogP contribution in [0.2, 0.25) is 0 Å². The van der Waals surface area contributed by atoms with Crippen LogP contribution in [0.4, 0.5) is 38.0 Å². The molecule has 0 radical (unpaired) electrons. The molecule has 1 aliphatic rings. The van der Waals surface area contributed by atoms with Gasteiger partial charge in [0.2, 0.25) is 11.8 Å². The van der Waals surface area contributed by atoms with Crippen LogP contribution in [0.5, 0.6) is 11.6 Å². The number of alkyl halides is 6. The Morgan fingerprint density at radius 1 is 0.979 bits per heavy atom. The molecule has 9 nitrogen and oxygen atoms in total. The lowest BCUT2D eigenvalue weighted by Gasteiger charge is -2.33. The molecule has 1 aromatic carbocycles. The summed E-state index contributed by atoms with van der Waals surface area (Å²) in [6, 6.07) is 3.89. The summed E-state index contributed by atoms with van der Waals surface area (Å²) >= 11 is 0. The highest BCUT2D eigenvalue weighted by Crippen LogP contribution is 2.39. The van der Waals surface area contributed by atoms with Gasteiger partial charge in [-0.15, -0.1) is 0 Å². The van der Waals surface area contributed by atoms with E-state index in [0.717, 1.165) is 44.2 Å². The molecule has 0 amide bonds. The Morgan fingerprint density at radius 2 is 1.58 bits per heavy atom. The van der Waals surface area contributed by atoms with E-state index in [4.69, 9.17) is 9.47 Å². The topological polar surface area (TPSA) is 97.7 Å². The lowest BCUT2D eigenvalue weighted by atomic mass is 9.99. The highest BCUT2D eigenvalue weighted by molar-refractivity contribution is 7.90. The normalized spacial score (nSPS) is 15.0. The van der Waals surface area contributed by atoms with Gasteiger partial charge < -0.3 is 19.3 Å². The fourth-order valence-corrected chi connectivity index (χ4v) is 6.07. The number of pyridine rings is 1. The molecule has 1 fully saturated rings. The van der Waals surface area contributed by atoms with Gasteiger partial charge in [0.15, 0.2) is 15.6 Å². The van der Waals surface area contributed by atoms with Crippen molar-refractivity contribution in [2.75, 3.05) is 48.6 Å². The molecule has 0 spiro atoms. The van der Waals surface area contributed by atoms with Crippen LogP contribution in [0.25, 0.3) is 0 Å². The van der Waals surface area contributed by atoms with Crippen LogP contribution >= 0.6 is 0 Å². The summed E-state index contributed by atoms with van der Waals surface area (Å²) in [5, 5.41) is 0. The van der Waals surface area contributed by atoms with Crippen molar-refractivity contribution < 1.29 is 44.2 Å². The Labute approximate surface area is 276 Å². The van der Waals surface area contributed by atoms with E-state index in [2.05, 4.69) is 19.9 Å². The second-order valence-electron chi connectivity index (χ2n) is 11.8. The van der Waals surface area contributed by atoms with E-state index >= 15 is 0 Å². The van der Waals surface area contributed by atoms with Crippen molar-refractivity contribution in [1.29, 1.82) is 0 Å². The number of hydrogen-bond donors (Lipinski definition) is 0. The average molecular weight is 704 g/mol. The predicted octanol–water partition coefficient (Wildman–Crippen LogP) is 7.13. The third-order valence-electron chi connectivity index (χ3n) is 8.28. The molecule has 2 aromatic heterocycles. The van der Waals surface area contributed by atoms with Gasteiger partial charge in [0.25, 0.3) is 0 Å². The zero-order valence-corrected chi connectivity index (χ0v) is 27.9. The number of nitrogens with zero attached hydrogens (tertiary/aromatic N) is 5. The summed E-state index contributed by atoms with van der Waals surface area (Å²) in [6.45, 7) is 4.57. The Balaban J connectivity index is 1.80. The van der Waals surface area contributed by atoms with Crippen LogP contribution in [0.3, 0.4) is 0 Å². The van der Waals surface area contributed by atoms with Crippen molar-refractivity contribution in [3.63, 3.8) is 0 Å². The molecule has 4 rings (SSSR count). The first kappa shape index (κ1) is 37.0. The summed E-state index contributed by atoms with van der Waals surface area (Å²) < 4.78 is 117. The van der Waals surface area contributed by atoms with Gasteiger partial charge in [-0.2, -0.15) is 26.3 Å². The highest BCUT2D eigenvalue weighted by atomic mass is 32.2. The summed E-state index contributed by atoms with van der Waals surface area (Å²) in [4.78, 5) is 16.9. The van der Waals surface area contributed by atoms with Gasteiger partial charge >= 0.3 is 12.4 Å². The van der Waals surface area contributed by atoms with E-state index in [0.29, 0.717) is 30.3 Å². The standard InChI is InChI=1S/C32H39F6N5O4S/c1-5-42(19-22-8-6-7-9-22)28-10-11-29(46-3)41-27(28)20-43(30-39-17-26(18-40-30)47-12-13-48(4,44)45)21(2)23-14-24(31(33,34)35)16-25(15-23)32(36,37)38/h10-11,14-18,21-22H,5-9,12-13,19-20H2,1-4H3. The largest absolute Gasteiger partial charge is 0.489 e. The number of hydrogen-bond acceptors (Lipinski definition) is 9. The molecule has 48 heavy (non-hydrogen) atoms. The van der Waals surface area contributed by atoms with Gasteiger partial charge in [0.1, 0.15) is 6.61 Å². The molecular formula is C32H39F6N5O4S. The van der Waals surface area contributed by atoms with Crippen molar-refractivity contribution in [2.24, 2.45) is 5.92 Å². The second-order valence-corrected chi connectivity index (χ2v) is 14.1. The first-order valence-electron chi connectivity index (χ1n) is 15.5. The number of rotatable bonds is 14. The molecule has 3 aromatic rings. The summed E-state index contributed by atoms with van der Waals surface area (Å²) in [5.74, 6) is 0.584. The summed E-state index contributed by atoms with van der Waals surface area (Å²) in [7, 11) is -1.86. The number of aromatic nitrogens is 3. The quantitative estimate of drug-likeness (QED) is 0.163. The third-order valence-corrected chi connectivity index (χ3v) is 9.19. The van der Waals surface area contributed by atoms with Gasteiger partial charge in [-0.05, 0) is 62.4 Å². The number of methoxy groups -OCH3 is 1. The second kappa shape index (κ2) is 15.2. The number of ether oxygens (including phenoxy) is 2. The van der Waals surface area contributed by atoms with Gasteiger partial charge in [0.05, 0.1) is 60.4 Å². The third kappa shape index (κ3) is 9.86. The van der Waals surface area contributed by atoms with E-state index in [1.807, 2.05) is 13.0 Å². The Kier molecular flexibility index (Phi) is 11.7. The Hall–Kier alpha value is -3.82. The van der Waals surface area contributed by atoms with Crippen LogP contribution in [0, 0.1) is 5.92 Å². The molecular weight excluding hydrogens is 664 g/mol. The van der Waals surface area contributed by atoms with E-state index in [9.17, 15) is 34.8 Å². The lowest BCUT2D eigenvalue weighted by molar-refractivity contribution is -0.143. The molecule has 1 saturated carbocycles. The van der Waals surface area contributed by atoms with Crippen molar-refractivity contribution in [3.8, 4) is 11.6 Å². The minimum Gasteiger partial charge on any atom is -0.489 e. The molecule has 1 atom stereocenters. The summed E-state index contributed by atoms with van der Waals surface area (Å²) in [5.41, 5.74) is -1.95. The molecule has 264 valence electrons. The van der Waals surface area contributed by atoms with Crippen LogP contribution in [-0.2, 0) is 28.7 Å². The minimum atomic E-state index is -5.04. The first-order valence-corrected chi connectivity index (χ1v) is 17.5. The predicted molar refractivity (Wildman–Crippen MR) is 169 cm³/mol. The monoisotopic (exact) mass is 703 g/mol. The van der Waals surface area contributed by atoms with E-state index in [1.54, 1.807) is 6.07 Å². The van der Waals surface area contributed by atoms with E-state index < -0.39 is 39.4 Å².